The molecule has 17 nitrogen and oxygen atoms in total. The summed E-state index contributed by atoms with van der Waals surface area (Å²) in [6, 6.07) is 0. The van der Waals surface area contributed by atoms with Gasteiger partial charge in [0.05, 0.1) is 26.4 Å². The van der Waals surface area contributed by atoms with Crippen molar-refractivity contribution < 1.29 is 80.2 Å². The molecular formula is C69H134O17P2. The number of phosphoric acid groups is 2. The van der Waals surface area contributed by atoms with Crippen LogP contribution in [0.1, 0.15) is 356 Å². The molecule has 0 bridgehead atoms. The fourth-order valence-corrected chi connectivity index (χ4v) is 12.0. The second-order valence-corrected chi connectivity index (χ2v) is 28.3. The van der Waals surface area contributed by atoms with Crippen LogP contribution in [0.25, 0.3) is 0 Å². The lowest BCUT2D eigenvalue weighted by molar-refractivity contribution is -0.161. The number of ether oxygens (including phenoxy) is 4. The molecule has 522 valence electrons. The minimum Gasteiger partial charge on any atom is -0.462 e. The smallest absolute Gasteiger partial charge is 0.462 e. The van der Waals surface area contributed by atoms with Crippen molar-refractivity contribution in [3.05, 3.63) is 0 Å². The van der Waals surface area contributed by atoms with E-state index in [2.05, 4.69) is 34.6 Å². The summed E-state index contributed by atoms with van der Waals surface area (Å²) in [4.78, 5) is 72.0. The van der Waals surface area contributed by atoms with Gasteiger partial charge in [-0.2, -0.15) is 0 Å². The largest absolute Gasteiger partial charge is 0.472 e. The molecule has 0 aromatic carbocycles. The first kappa shape index (κ1) is 86.1. The number of rotatable bonds is 69. The van der Waals surface area contributed by atoms with Gasteiger partial charge in [-0.05, 0) is 31.6 Å². The Balaban J connectivity index is 5.08. The van der Waals surface area contributed by atoms with Crippen LogP contribution in [0.4, 0.5) is 0 Å². The maximum Gasteiger partial charge on any atom is 0.472 e. The standard InChI is InChI=1S/C69H134O17P2/c1-6-9-12-15-17-18-19-20-25-29-32-35-39-43-48-53-67(72)80-59-65(86-69(74)55-50-45-40-36-33-30-27-24-22-21-23-26-28-31-34-38-42-46-51-62(4)5)61-84-88(77,78)82-57-63(70)56-81-87(75,76)83-60-64(58-79-66(71)52-47-41-14-11-8-3)85-68(73)54-49-44-37-16-13-10-7-2/h62-65,70H,6-61H2,1-5H3,(H,75,76)(H,77,78)/t63-,64+,65+/m0/s1. The fraction of sp³-hybridized carbons (Fsp3) is 0.942. The fourth-order valence-electron chi connectivity index (χ4n) is 10.5. The maximum atomic E-state index is 13.0. The molecular weight excluding hydrogens is 1160 g/mol. The van der Waals surface area contributed by atoms with E-state index < -0.39 is 97.5 Å². The third kappa shape index (κ3) is 62.8. The molecule has 88 heavy (non-hydrogen) atoms. The van der Waals surface area contributed by atoms with E-state index in [-0.39, 0.29) is 25.7 Å². The van der Waals surface area contributed by atoms with Crippen LogP contribution in [0.2, 0.25) is 0 Å². The summed E-state index contributed by atoms with van der Waals surface area (Å²) >= 11 is 0. The van der Waals surface area contributed by atoms with Crippen molar-refractivity contribution in [2.24, 2.45) is 5.92 Å². The Morgan fingerprint density at radius 3 is 0.773 bits per heavy atom. The van der Waals surface area contributed by atoms with Gasteiger partial charge in [-0.3, -0.25) is 37.3 Å². The Morgan fingerprint density at radius 2 is 0.523 bits per heavy atom. The second-order valence-electron chi connectivity index (χ2n) is 25.4. The summed E-state index contributed by atoms with van der Waals surface area (Å²) in [5.74, 6) is -1.32. The summed E-state index contributed by atoms with van der Waals surface area (Å²) in [6.45, 7) is 7.14. The van der Waals surface area contributed by atoms with Crippen LogP contribution in [-0.2, 0) is 65.4 Å². The SMILES string of the molecule is CCCCCCCCCCCCCCCCCC(=O)OC[C@H](COP(=O)(O)OC[C@@H](O)COP(=O)(O)OC[C@@H](COC(=O)CCCCCCC)OC(=O)CCCCCCCCC)OC(=O)CCCCCCCCCCCCCCCCCCCCC(C)C. The van der Waals surface area contributed by atoms with Crippen LogP contribution in [-0.4, -0.2) is 96.7 Å². The summed E-state index contributed by atoms with van der Waals surface area (Å²) in [5.41, 5.74) is 0. The molecule has 0 aliphatic carbocycles. The Morgan fingerprint density at radius 1 is 0.307 bits per heavy atom. The molecule has 0 aromatic rings. The summed E-state index contributed by atoms with van der Waals surface area (Å²) in [5, 5.41) is 10.5. The van der Waals surface area contributed by atoms with E-state index in [9.17, 15) is 43.2 Å². The van der Waals surface area contributed by atoms with Crippen molar-refractivity contribution in [2.45, 2.75) is 374 Å². The molecule has 0 heterocycles. The highest BCUT2D eigenvalue weighted by atomic mass is 31.2. The Kier molecular flexibility index (Phi) is 61.1. The van der Waals surface area contributed by atoms with Crippen LogP contribution >= 0.6 is 15.6 Å². The molecule has 0 aliphatic heterocycles. The van der Waals surface area contributed by atoms with Crippen LogP contribution in [0, 0.1) is 5.92 Å². The molecule has 0 amide bonds. The topological polar surface area (TPSA) is 237 Å². The highest BCUT2D eigenvalue weighted by Gasteiger charge is 2.30. The van der Waals surface area contributed by atoms with Gasteiger partial charge >= 0.3 is 39.5 Å². The van der Waals surface area contributed by atoms with Crippen LogP contribution in [0.5, 0.6) is 0 Å². The number of aliphatic hydroxyl groups excluding tert-OH is 1. The lowest BCUT2D eigenvalue weighted by atomic mass is 10.0. The molecule has 0 radical (unpaired) electrons. The third-order valence-corrected chi connectivity index (χ3v) is 17.9. The normalized spacial score (nSPS) is 14.1. The zero-order valence-electron chi connectivity index (χ0n) is 56.9. The first-order chi connectivity index (χ1) is 42.5. The molecule has 0 saturated carbocycles. The van der Waals surface area contributed by atoms with E-state index in [4.69, 9.17) is 37.0 Å². The number of carbonyl (C=O) groups excluding carboxylic acids is 4. The average molecular weight is 1300 g/mol. The number of hydrogen-bond donors (Lipinski definition) is 3. The van der Waals surface area contributed by atoms with Gasteiger partial charge in [-0.1, -0.05) is 304 Å². The predicted octanol–water partition coefficient (Wildman–Crippen LogP) is 19.7. The van der Waals surface area contributed by atoms with Crippen LogP contribution in [0.15, 0.2) is 0 Å². The molecule has 5 atom stereocenters. The zero-order valence-corrected chi connectivity index (χ0v) is 58.6. The van der Waals surface area contributed by atoms with E-state index in [0.29, 0.717) is 25.7 Å². The molecule has 0 fully saturated rings. The van der Waals surface area contributed by atoms with E-state index in [1.54, 1.807) is 0 Å². The van der Waals surface area contributed by atoms with Gasteiger partial charge in [-0.25, -0.2) is 9.13 Å². The average Bonchev–Trinajstić information content (AvgIpc) is 3.53. The van der Waals surface area contributed by atoms with Crippen LogP contribution in [0.3, 0.4) is 0 Å². The first-order valence-electron chi connectivity index (χ1n) is 36.1. The van der Waals surface area contributed by atoms with Crippen molar-refractivity contribution in [2.75, 3.05) is 39.6 Å². The lowest BCUT2D eigenvalue weighted by Gasteiger charge is -2.21. The molecule has 0 spiro atoms. The highest BCUT2D eigenvalue weighted by molar-refractivity contribution is 7.47. The maximum absolute atomic E-state index is 13.0. The molecule has 0 saturated heterocycles. The predicted molar refractivity (Wildman–Crippen MR) is 354 cm³/mol. The minimum atomic E-state index is -4.95. The van der Waals surface area contributed by atoms with Gasteiger partial charge in [0.15, 0.2) is 12.2 Å². The van der Waals surface area contributed by atoms with Crippen molar-refractivity contribution in [1.29, 1.82) is 0 Å². The number of hydrogen-bond acceptors (Lipinski definition) is 15. The van der Waals surface area contributed by atoms with Crippen LogP contribution < -0.4 is 0 Å². The number of unbranched alkanes of at least 4 members (excludes halogenated alkanes) is 41. The minimum absolute atomic E-state index is 0.103. The summed E-state index contributed by atoms with van der Waals surface area (Å²) in [7, 11) is -9.88. The summed E-state index contributed by atoms with van der Waals surface area (Å²) in [6.07, 6.45) is 49.3. The van der Waals surface area contributed by atoms with E-state index in [0.717, 1.165) is 115 Å². The number of esters is 4. The van der Waals surface area contributed by atoms with Gasteiger partial charge in [0.2, 0.25) is 0 Å². The van der Waals surface area contributed by atoms with Crippen molar-refractivity contribution in [3.63, 3.8) is 0 Å². The van der Waals surface area contributed by atoms with Crippen molar-refractivity contribution >= 4 is 39.5 Å². The Hall–Kier alpha value is -1.94. The van der Waals surface area contributed by atoms with E-state index in [1.165, 1.54) is 161 Å². The van der Waals surface area contributed by atoms with Gasteiger partial charge < -0.3 is 33.8 Å². The van der Waals surface area contributed by atoms with Crippen molar-refractivity contribution in [1.82, 2.24) is 0 Å². The molecule has 0 aromatic heterocycles. The van der Waals surface area contributed by atoms with Crippen molar-refractivity contribution in [3.8, 4) is 0 Å². The van der Waals surface area contributed by atoms with Gasteiger partial charge in [0.1, 0.15) is 19.3 Å². The quantitative estimate of drug-likeness (QED) is 0.0222. The van der Waals surface area contributed by atoms with Gasteiger partial charge in [-0.15, -0.1) is 0 Å². The molecule has 0 rings (SSSR count). The molecule has 0 aliphatic rings. The van der Waals surface area contributed by atoms with E-state index >= 15 is 0 Å². The highest BCUT2D eigenvalue weighted by Crippen LogP contribution is 2.45. The monoisotopic (exact) mass is 1300 g/mol. The summed E-state index contributed by atoms with van der Waals surface area (Å²) < 4.78 is 67.9. The number of phosphoric ester groups is 2. The molecule has 3 N–H and O–H groups in total. The van der Waals surface area contributed by atoms with Gasteiger partial charge in [0.25, 0.3) is 0 Å². The molecule has 19 heteroatoms. The van der Waals surface area contributed by atoms with Gasteiger partial charge in [0, 0.05) is 25.7 Å². The lowest BCUT2D eigenvalue weighted by Crippen LogP contribution is -2.30. The Labute approximate surface area is 537 Å². The first-order valence-corrected chi connectivity index (χ1v) is 39.1. The number of carbonyl (C=O) groups is 4. The second kappa shape index (κ2) is 62.5. The van der Waals surface area contributed by atoms with E-state index in [1.807, 2.05) is 0 Å². The third-order valence-electron chi connectivity index (χ3n) is 16.0. The number of aliphatic hydroxyl groups is 1. The molecule has 2 unspecified atom stereocenters. The zero-order chi connectivity index (χ0) is 64.9. The Bertz CT molecular complexity index is 1700.